The minimum absolute atomic E-state index is 0.0105. The monoisotopic (exact) mass is 621 g/mol. The van der Waals surface area contributed by atoms with E-state index in [-0.39, 0.29) is 17.2 Å². The summed E-state index contributed by atoms with van der Waals surface area (Å²) in [6.07, 6.45) is -1.42. The standard InChI is InChI=1S/C29H17Cl3F3NO5/c30-23-8-7-22(16-3-4-16)26(32)25(23)27-19(14-40-36-27)13-39-20-6-5-17(24(31)12-20)2-1-15-9-18(28(37)38)11-21(10-15)41-29(33,34)35/h5-12,14,16H,3-4,13H2,(H,37,38). The van der Waals surface area contributed by atoms with Gasteiger partial charge in [-0.2, -0.15) is 0 Å². The van der Waals surface area contributed by atoms with Crippen LogP contribution < -0.4 is 9.47 Å². The van der Waals surface area contributed by atoms with E-state index in [9.17, 15) is 23.1 Å². The summed E-state index contributed by atoms with van der Waals surface area (Å²) in [7, 11) is 0. The van der Waals surface area contributed by atoms with E-state index in [1.807, 2.05) is 6.07 Å². The van der Waals surface area contributed by atoms with Crippen LogP contribution in [0.5, 0.6) is 11.5 Å². The molecule has 1 N–H and O–H groups in total. The number of carboxylic acids is 1. The fraction of sp³-hybridized carbons (Fsp3) is 0.172. The molecule has 1 aromatic heterocycles. The zero-order valence-electron chi connectivity index (χ0n) is 20.7. The average Bonchev–Trinajstić information content (AvgIpc) is 3.63. The normalized spacial score (nSPS) is 12.9. The summed E-state index contributed by atoms with van der Waals surface area (Å²) >= 11 is 19.5. The van der Waals surface area contributed by atoms with Crippen molar-refractivity contribution in [2.75, 3.05) is 0 Å². The second-order valence-corrected chi connectivity index (χ2v) is 10.3. The molecule has 41 heavy (non-hydrogen) atoms. The molecule has 1 fully saturated rings. The molecular weight excluding hydrogens is 606 g/mol. The second kappa shape index (κ2) is 11.6. The summed E-state index contributed by atoms with van der Waals surface area (Å²) in [5.74, 6) is 4.01. The van der Waals surface area contributed by atoms with Crippen LogP contribution in [0.1, 0.15) is 51.4 Å². The van der Waals surface area contributed by atoms with Crippen molar-refractivity contribution in [3.8, 4) is 34.6 Å². The molecule has 1 saturated carbocycles. The maximum atomic E-state index is 12.6. The van der Waals surface area contributed by atoms with Gasteiger partial charge in [-0.25, -0.2) is 4.79 Å². The predicted octanol–water partition coefficient (Wildman–Crippen LogP) is 8.75. The van der Waals surface area contributed by atoms with Crippen LogP contribution in [0.4, 0.5) is 13.2 Å². The lowest BCUT2D eigenvalue weighted by Gasteiger charge is -2.11. The minimum atomic E-state index is -4.99. The van der Waals surface area contributed by atoms with Gasteiger partial charge in [0, 0.05) is 22.8 Å². The summed E-state index contributed by atoms with van der Waals surface area (Å²) in [6, 6.07) is 11.2. The third-order valence-electron chi connectivity index (χ3n) is 6.08. The summed E-state index contributed by atoms with van der Waals surface area (Å²) in [5.41, 5.74) is 2.57. The smallest absolute Gasteiger partial charge is 0.489 e. The first kappa shape index (κ1) is 28.7. The number of aromatic carboxylic acids is 1. The third kappa shape index (κ3) is 6.91. The molecule has 5 rings (SSSR count). The summed E-state index contributed by atoms with van der Waals surface area (Å²) in [5, 5.41) is 14.5. The van der Waals surface area contributed by atoms with Gasteiger partial charge in [0.15, 0.2) is 0 Å². The molecule has 0 atom stereocenters. The molecule has 0 saturated heterocycles. The van der Waals surface area contributed by atoms with Crippen LogP contribution in [-0.2, 0) is 6.61 Å². The Hall–Kier alpha value is -3.84. The third-order valence-corrected chi connectivity index (χ3v) is 7.12. The van der Waals surface area contributed by atoms with Gasteiger partial charge in [0.2, 0.25) is 0 Å². The number of carboxylic acid groups (broad SMARTS) is 1. The van der Waals surface area contributed by atoms with E-state index in [1.165, 1.54) is 12.3 Å². The Bertz CT molecular complexity index is 1700. The molecule has 0 bridgehead atoms. The highest BCUT2D eigenvalue weighted by Gasteiger charge is 2.32. The van der Waals surface area contributed by atoms with Crippen molar-refractivity contribution >= 4 is 40.8 Å². The topological polar surface area (TPSA) is 81.8 Å². The lowest BCUT2D eigenvalue weighted by atomic mass is 10.0. The first-order chi connectivity index (χ1) is 19.5. The van der Waals surface area contributed by atoms with Crippen LogP contribution in [0.15, 0.2) is 59.3 Å². The van der Waals surface area contributed by atoms with Crippen LogP contribution in [0.3, 0.4) is 0 Å². The second-order valence-electron chi connectivity index (χ2n) is 9.07. The number of ether oxygens (including phenoxy) is 2. The Morgan fingerprint density at radius 3 is 2.49 bits per heavy atom. The maximum absolute atomic E-state index is 12.6. The largest absolute Gasteiger partial charge is 0.573 e. The molecule has 1 heterocycles. The Morgan fingerprint density at radius 2 is 1.80 bits per heavy atom. The molecule has 0 spiro atoms. The van der Waals surface area contributed by atoms with E-state index in [0.717, 1.165) is 36.6 Å². The van der Waals surface area contributed by atoms with Gasteiger partial charge in [-0.05, 0) is 60.7 Å². The molecule has 4 aromatic rings. The van der Waals surface area contributed by atoms with E-state index >= 15 is 0 Å². The lowest BCUT2D eigenvalue weighted by molar-refractivity contribution is -0.274. The minimum Gasteiger partial charge on any atom is -0.489 e. The molecule has 3 aromatic carbocycles. The van der Waals surface area contributed by atoms with E-state index in [4.69, 9.17) is 44.1 Å². The number of halogens is 6. The van der Waals surface area contributed by atoms with Crippen LogP contribution in [0.25, 0.3) is 11.3 Å². The van der Waals surface area contributed by atoms with Crippen molar-refractivity contribution < 1.29 is 37.1 Å². The summed E-state index contributed by atoms with van der Waals surface area (Å²) < 4.78 is 52.8. The zero-order chi connectivity index (χ0) is 29.3. The van der Waals surface area contributed by atoms with E-state index in [2.05, 4.69) is 21.7 Å². The Morgan fingerprint density at radius 1 is 1.02 bits per heavy atom. The Kier molecular flexibility index (Phi) is 8.09. The van der Waals surface area contributed by atoms with Crippen molar-refractivity contribution in [3.05, 3.63) is 97.7 Å². The quantitative estimate of drug-likeness (QED) is 0.208. The molecule has 0 unspecified atom stereocenters. The predicted molar refractivity (Wildman–Crippen MR) is 146 cm³/mol. The number of hydrogen-bond donors (Lipinski definition) is 1. The molecular formula is C29H17Cl3F3NO5. The summed E-state index contributed by atoms with van der Waals surface area (Å²) in [6.45, 7) is 0.0600. The number of hydrogen-bond acceptors (Lipinski definition) is 5. The van der Waals surface area contributed by atoms with Gasteiger partial charge in [0.25, 0.3) is 0 Å². The van der Waals surface area contributed by atoms with Crippen LogP contribution >= 0.6 is 34.8 Å². The van der Waals surface area contributed by atoms with E-state index < -0.39 is 23.6 Å². The maximum Gasteiger partial charge on any atom is 0.573 e. The Balaban J connectivity index is 1.33. The van der Waals surface area contributed by atoms with E-state index in [1.54, 1.807) is 18.2 Å². The van der Waals surface area contributed by atoms with Crippen molar-refractivity contribution in [1.29, 1.82) is 0 Å². The molecule has 0 radical (unpaired) electrons. The highest BCUT2D eigenvalue weighted by atomic mass is 35.5. The van der Waals surface area contributed by atoms with Gasteiger partial charge in [-0.3, -0.25) is 0 Å². The Labute approximate surface area is 246 Å². The zero-order valence-corrected chi connectivity index (χ0v) is 23.0. The van der Waals surface area contributed by atoms with Crippen molar-refractivity contribution in [3.63, 3.8) is 0 Å². The number of nitrogens with zero attached hydrogens (tertiary/aromatic N) is 1. The van der Waals surface area contributed by atoms with Crippen molar-refractivity contribution in [1.82, 2.24) is 5.16 Å². The lowest BCUT2D eigenvalue weighted by Crippen LogP contribution is -2.17. The fourth-order valence-electron chi connectivity index (χ4n) is 4.04. The van der Waals surface area contributed by atoms with Crippen LogP contribution in [0.2, 0.25) is 15.1 Å². The average molecular weight is 623 g/mol. The molecule has 1 aliphatic rings. The molecule has 6 nitrogen and oxygen atoms in total. The number of benzene rings is 3. The van der Waals surface area contributed by atoms with Crippen molar-refractivity contribution in [2.24, 2.45) is 0 Å². The highest BCUT2D eigenvalue weighted by Crippen LogP contribution is 2.48. The number of carbonyl (C=O) groups is 1. The highest BCUT2D eigenvalue weighted by molar-refractivity contribution is 6.39. The number of rotatable bonds is 7. The number of alkyl halides is 3. The molecule has 12 heteroatoms. The van der Waals surface area contributed by atoms with Gasteiger partial charge in [-0.15, -0.1) is 13.2 Å². The molecule has 210 valence electrons. The fourth-order valence-corrected chi connectivity index (χ4v) is 4.96. The molecule has 1 aliphatic carbocycles. The van der Waals surface area contributed by atoms with Gasteiger partial charge < -0.3 is 19.1 Å². The van der Waals surface area contributed by atoms with Gasteiger partial charge in [-0.1, -0.05) is 57.9 Å². The molecule has 0 aliphatic heterocycles. The van der Waals surface area contributed by atoms with Crippen molar-refractivity contribution in [2.45, 2.75) is 31.7 Å². The number of aromatic nitrogens is 1. The summed E-state index contributed by atoms with van der Waals surface area (Å²) in [4.78, 5) is 11.3. The SMILES string of the molecule is O=C(O)c1cc(C#Cc2ccc(OCc3conc3-c3c(Cl)ccc(C4CC4)c3Cl)cc2Cl)cc(OC(F)(F)F)c1. The van der Waals surface area contributed by atoms with Crippen LogP contribution in [-0.4, -0.2) is 22.6 Å². The van der Waals surface area contributed by atoms with Gasteiger partial charge in [0.1, 0.15) is 30.1 Å². The first-order valence-electron chi connectivity index (χ1n) is 12.0. The van der Waals surface area contributed by atoms with Gasteiger partial charge in [0.05, 0.1) is 26.2 Å². The van der Waals surface area contributed by atoms with E-state index in [0.29, 0.717) is 44.1 Å². The van der Waals surface area contributed by atoms with Crippen LogP contribution in [0, 0.1) is 11.8 Å². The van der Waals surface area contributed by atoms with Gasteiger partial charge >= 0.3 is 12.3 Å². The first-order valence-corrected chi connectivity index (χ1v) is 13.1. The molecule has 0 amide bonds.